The lowest BCUT2D eigenvalue weighted by Gasteiger charge is -2.28. The van der Waals surface area contributed by atoms with Crippen LogP contribution in [0.3, 0.4) is 0 Å². The van der Waals surface area contributed by atoms with Crippen LogP contribution in [-0.2, 0) is 23.4 Å². The highest BCUT2D eigenvalue weighted by Crippen LogP contribution is 2.50. The van der Waals surface area contributed by atoms with E-state index < -0.39 is 56.9 Å². The number of nitrogens with two attached hydrogens (primary N) is 1. The maximum absolute atomic E-state index is 16.0. The average Bonchev–Trinajstić information content (AvgIpc) is 3.46. The Morgan fingerprint density at radius 2 is 2.02 bits per heavy atom. The highest BCUT2D eigenvalue weighted by molar-refractivity contribution is 7.52. The first kappa shape index (κ1) is 30.5. The number of aliphatic hydroxyl groups is 1. The van der Waals surface area contributed by atoms with E-state index in [0.717, 1.165) is 10.9 Å². The molecule has 1 saturated heterocycles. The summed E-state index contributed by atoms with van der Waals surface area (Å²) in [5, 5.41) is 15.8. The molecule has 41 heavy (non-hydrogen) atoms. The Balaban J connectivity index is 1.62. The Bertz CT molecular complexity index is 1420. The number of benzene rings is 1. The van der Waals surface area contributed by atoms with Gasteiger partial charge in [-0.3, -0.25) is 13.9 Å². The van der Waals surface area contributed by atoms with Gasteiger partial charge in [0.25, 0.3) is 6.43 Å². The topological polar surface area (TPSA) is 185 Å². The number of nitrogens with one attached hydrogen (secondary N) is 2. The Morgan fingerprint density at radius 1 is 1.32 bits per heavy atom. The summed E-state index contributed by atoms with van der Waals surface area (Å²) in [6, 6.07) is 6.52. The molecule has 1 aromatic carbocycles. The number of esters is 1. The summed E-state index contributed by atoms with van der Waals surface area (Å²) in [6.07, 6.45) is -9.17. The Labute approximate surface area is 231 Å². The highest BCUT2D eigenvalue weighted by Gasteiger charge is 2.64. The van der Waals surface area contributed by atoms with Crippen molar-refractivity contribution >= 4 is 36.6 Å². The normalized spacial score (nSPS) is 24.7. The maximum atomic E-state index is 16.0. The van der Waals surface area contributed by atoms with E-state index in [9.17, 15) is 23.2 Å². The van der Waals surface area contributed by atoms with Crippen molar-refractivity contribution in [1.82, 2.24) is 24.6 Å². The van der Waals surface area contributed by atoms with E-state index in [2.05, 4.69) is 25.4 Å². The molecule has 4 rings (SSSR count). The van der Waals surface area contributed by atoms with Gasteiger partial charge in [0, 0.05) is 7.05 Å². The molecule has 0 aliphatic carbocycles. The number of hydrogen-bond acceptors (Lipinski definition) is 12. The number of alkyl halides is 3. The molecule has 3 aromatic rings. The van der Waals surface area contributed by atoms with Gasteiger partial charge in [-0.15, -0.1) is 0 Å². The number of aromatic nitrogens is 4. The van der Waals surface area contributed by atoms with E-state index in [0.29, 0.717) is 0 Å². The van der Waals surface area contributed by atoms with Gasteiger partial charge in [0.1, 0.15) is 24.0 Å². The third-order valence-electron chi connectivity index (χ3n) is 6.12. The lowest BCUT2D eigenvalue weighted by atomic mass is 9.96. The minimum atomic E-state index is -4.47. The number of carbonyl (C=O) groups excluding carboxylic acids is 1. The molecule has 0 saturated carbocycles. The van der Waals surface area contributed by atoms with Gasteiger partial charge < -0.3 is 30.2 Å². The molecular weight excluding hydrogens is 574 g/mol. The molecule has 0 unspecified atom stereocenters. The molecule has 1 aliphatic heterocycles. The Hall–Kier alpha value is -3.50. The van der Waals surface area contributed by atoms with Crippen LogP contribution in [0.5, 0.6) is 5.75 Å². The van der Waals surface area contributed by atoms with Crippen LogP contribution >= 0.6 is 7.75 Å². The van der Waals surface area contributed by atoms with Crippen molar-refractivity contribution in [2.45, 2.75) is 50.4 Å². The number of fused-ring (bicyclic) bond motifs is 1. The first-order chi connectivity index (χ1) is 19.4. The molecule has 224 valence electrons. The van der Waals surface area contributed by atoms with Gasteiger partial charge in [-0.2, -0.15) is 15.1 Å². The smallest absolute Gasteiger partial charge is 0.459 e. The van der Waals surface area contributed by atoms with Gasteiger partial charge in [0.2, 0.25) is 11.6 Å². The number of ether oxygens (including phenoxy) is 2. The zero-order valence-corrected chi connectivity index (χ0v) is 23.0. The van der Waals surface area contributed by atoms with Crippen molar-refractivity contribution in [3.63, 3.8) is 0 Å². The van der Waals surface area contributed by atoms with Gasteiger partial charge in [0.15, 0.2) is 23.2 Å². The van der Waals surface area contributed by atoms with Crippen molar-refractivity contribution in [3.05, 3.63) is 36.7 Å². The molecule has 1 fully saturated rings. The van der Waals surface area contributed by atoms with E-state index >= 15 is 4.39 Å². The van der Waals surface area contributed by atoms with Crippen LogP contribution in [0.15, 0.2) is 36.7 Å². The van der Waals surface area contributed by atoms with Gasteiger partial charge in [-0.25, -0.2) is 22.7 Å². The molecular formula is C23H29F3N7O7P. The molecule has 6 atom stereocenters. The van der Waals surface area contributed by atoms with E-state index in [1.807, 2.05) is 0 Å². The summed E-state index contributed by atoms with van der Waals surface area (Å²) < 4.78 is 80.2. The van der Waals surface area contributed by atoms with Crippen LogP contribution in [-0.4, -0.2) is 81.2 Å². The second-order valence-electron chi connectivity index (χ2n) is 8.90. The van der Waals surface area contributed by atoms with E-state index in [1.54, 1.807) is 25.1 Å². The van der Waals surface area contributed by atoms with E-state index in [4.69, 9.17) is 24.3 Å². The zero-order chi connectivity index (χ0) is 29.9. The molecule has 2 aromatic heterocycles. The summed E-state index contributed by atoms with van der Waals surface area (Å²) in [5.74, 6) is -0.823. The molecule has 0 radical (unpaired) electrons. The van der Waals surface area contributed by atoms with E-state index in [-0.39, 0.29) is 35.3 Å². The maximum Gasteiger partial charge on any atom is 0.459 e. The number of nitrogen functional groups attached to an aromatic ring is 1. The van der Waals surface area contributed by atoms with Crippen LogP contribution in [0.25, 0.3) is 11.2 Å². The molecule has 0 spiro atoms. The zero-order valence-electron chi connectivity index (χ0n) is 22.1. The lowest BCUT2D eigenvalue weighted by Crippen LogP contribution is -2.49. The quantitative estimate of drug-likeness (QED) is 0.175. The molecule has 18 heteroatoms. The Kier molecular flexibility index (Phi) is 9.03. The largest absolute Gasteiger partial charge is 0.465 e. The first-order valence-corrected chi connectivity index (χ1v) is 13.9. The van der Waals surface area contributed by atoms with Gasteiger partial charge >= 0.3 is 13.7 Å². The molecule has 14 nitrogen and oxygen atoms in total. The monoisotopic (exact) mass is 603 g/mol. The van der Waals surface area contributed by atoms with Crippen molar-refractivity contribution in [2.24, 2.45) is 0 Å². The molecule has 5 N–H and O–H groups in total. The molecule has 3 heterocycles. The van der Waals surface area contributed by atoms with Crippen molar-refractivity contribution < 1.29 is 46.2 Å². The predicted molar refractivity (Wildman–Crippen MR) is 139 cm³/mol. The fourth-order valence-corrected chi connectivity index (χ4v) is 5.64. The van der Waals surface area contributed by atoms with Crippen molar-refractivity contribution in [3.8, 4) is 5.75 Å². The number of halogens is 3. The van der Waals surface area contributed by atoms with Crippen LogP contribution in [0, 0.1) is 0 Å². The first-order valence-electron chi connectivity index (χ1n) is 12.4. The summed E-state index contributed by atoms with van der Waals surface area (Å²) in [4.78, 5) is 24.1. The minimum Gasteiger partial charge on any atom is -0.465 e. The number of rotatable bonds is 12. The predicted octanol–water partition coefficient (Wildman–Crippen LogP) is 2.43. The number of carbonyl (C=O) groups is 1. The summed E-state index contributed by atoms with van der Waals surface area (Å²) >= 11 is 0. The van der Waals surface area contributed by atoms with Gasteiger partial charge in [0.05, 0.1) is 19.5 Å². The second kappa shape index (κ2) is 12.2. The number of nitrogens with zero attached hydrogens (tertiary/aromatic N) is 4. The molecule has 1 aliphatic rings. The third kappa shape index (κ3) is 6.08. The SMILES string of the molecule is CCOC(=O)[C@H](C)N[P@](=O)(OC[C@H]1O[C@@H](n2cnc3c(NC)nc(N)nc32)[C@@](F)(C(F)F)[C@@H]1O)Oc1ccccc1. The van der Waals surface area contributed by atoms with Crippen LogP contribution in [0.4, 0.5) is 24.9 Å². The number of imidazole rings is 1. The Morgan fingerprint density at radius 3 is 2.66 bits per heavy atom. The number of aliphatic hydroxyl groups excluding tert-OH is 1. The fourth-order valence-electron chi connectivity index (χ4n) is 4.14. The standard InChI is InChI=1S/C23H29F3N7O7P/c1-4-37-19(35)12(2)32-41(36,40-13-8-6-5-7-9-13)38-10-14-16(34)23(26,20(24)25)21(39-14)33-11-29-15-17(28-3)30-22(27)31-18(15)33/h5-9,11-12,14,16,20-21,34H,4,10H2,1-3H3,(H,32,36)(H3,27,28,30,31)/t12-,14+,16+,21+,23-,41-/m0/s1. The number of anilines is 2. The van der Waals surface area contributed by atoms with Crippen LogP contribution in [0.2, 0.25) is 0 Å². The molecule has 0 amide bonds. The highest BCUT2D eigenvalue weighted by atomic mass is 31.2. The lowest BCUT2D eigenvalue weighted by molar-refractivity contribution is -0.144. The number of hydrogen-bond donors (Lipinski definition) is 4. The number of para-hydroxylation sites is 1. The van der Waals surface area contributed by atoms with Crippen LogP contribution in [0.1, 0.15) is 20.1 Å². The summed E-state index contributed by atoms with van der Waals surface area (Å²) in [5.41, 5.74) is 1.95. The minimum absolute atomic E-state index is 0.0422. The van der Waals surface area contributed by atoms with Gasteiger partial charge in [-0.1, -0.05) is 18.2 Å². The second-order valence-corrected chi connectivity index (χ2v) is 10.6. The average molecular weight is 603 g/mol. The third-order valence-corrected chi connectivity index (χ3v) is 7.76. The van der Waals surface area contributed by atoms with Crippen LogP contribution < -0.4 is 20.7 Å². The summed E-state index contributed by atoms with van der Waals surface area (Å²) in [7, 11) is -2.96. The van der Waals surface area contributed by atoms with E-state index in [1.165, 1.54) is 26.1 Å². The fraction of sp³-hybridized carbons (Fsp3) is 0.478. The van der Waals surface area contributed by atoms with Gasteiger partial charge in [-0.05, 0) is 26.0 Å². The van der Waals surface area contributed by atoms with Crippen molar-refractivity contribution in [1.29, 1.82) is 0 Å². The summed E-state index contributed by atoms with van der Waals surface area (Å²) in [6.45, 7) is 2.06. The molecule has 0 bridgehead atoms. The van der Waals surface area contributed by atoms with Crippen molar-refractivity contribution in [2.75, 3.05) is 31.3 Å².